The Balaban J connectivity index is 1.74. The monoisotopic (exact) mass is 166 g/mol. The van der Waals surface area contributed by atoms with Crippen molar-refractivity contribution < 1.29 is 9.84 Å². The normalized spacial score (nSPS) is 71.2. The van der Waals surface area contributed by atoms with Gasteiger partial charge in [0, 0.05) is 0 Å². The molecule has 2 heteroatoms. The molecule has 1 saturated heterocycles. The summed E-state index contributed by atoms with van der Waals surface area (Å²) < 4.78 is 5.56. The third-order valence-electron chi connectivity index (χ3n) is 4.71. The van der Waals surface area contributed by atoms with E-state index in [4.69, 9.17) is 4.74 Å². The summed E-state index contributed by atoms with van der Waals surface area (Å²) in [6, 6.07) is 0. The highest BCUT2D eigenvalue weighted by Crippen LogP contribution is 2.64. The maximum absolute atomic E-state index is 9.75. The summed E-state index contributed by atoms with van der Waals surface area (Å²) in [6.45, 7) is 0. The van der Waals surface area contributed by atoms with Crippen molar-refractivity contribution in [1.82, 2.24) is 0 Å². The van der Waals surface area contributed by atoms with Crippen molar-refractivity contribution >= 4 is 0 Å². The fourth-order valence-corrected chi connectivity index (χ4v) is 4.27. The number of epoxide rings is 1. The molecule has 0 aromatic heterocycles. The largest absolute Gasteiger partial charge is 0.393 e. The minimum Gasteiger partial charge on any atom is -0.393 e. The maximum Gasteiger partial charge on any atom is 0.0876 e. The molecular weight excluding hydrogens is 152 g/mol. The molecule has 4 rings (SSSR count). The van der Waals surface area contributed by atoms with Gasteiger partial charge < -0.3 is 9.84 Å². The van der Waals surface area contributed by atoms with Gasteiger partial charge in [0.15, 0.2) is 0 Å². The number of rotatable bonds is 0. The summed E-state index contributed by atoms with van der Waals surface area (Å²) >= 11 is 0. The Morgan fingerprint density at radius 2 is 2.00 bits per heavy atom. The molecule has 0 amide bonds. The van der Waals surface area contributed by atoms with E-state index in [2.05, 4.69) is 0 Å². The van der Waals surface area contributed by atoms with Gasteiger partial charge in [0.2, 0.25) is 0 Å². The number of aliphatic hydroxyl groups is 1. The predicted molar refractivity (Wildman–Crippen MR) is 42.5 cm³/mol. The minimum absolute atomic E-state index is 0.0131. The summed E-state index contributed by atoms with van der Waals surface area (Å²) in [5.74, 6) is 3.15. The van der Waals surface area contributed by atoms with Crippen molar-refractivity contribution in [3.8, 4) is 0 Å². The Kier molecular flexibility index (Phi) is 0.921. The van der Waals surface area contributed by atoms with Gasteiger partial charge in [-0.25, -0.2) is 0 Å². The van der Waals surface area contributed by atoms with E-state index in [9.17, 15) is 5.11 Å². The van der Waals surface area contributed by atoms with Gasteiger partial charge in [0.1, 0.15) is 0 Å². The first-order chi connectivity index (χ1) is 5.84. The lowest BCUT2D eigenvalue weighted by atomic mass is 9.79. The summed E-state index contributed by atoms with van der Waals surface area (Å²) in [4.78, 5) is 0. The molecule has 0 aromatic rings. The van der Waals surface area contributed by atoms with Crippen LogP contribution in [-0.2, 0) is 4.74 Å². The molecule has 3 aliphatic carbocycles. The fraction of sp³-hybridized carbons (Fsp3) is 1.00. The van der Waals surface area contributed by atoms with Crippen molar-refractivity contribution in [2.45, 2.75) is 37.6 Å². The molecule has 2 bridgehead atoms. The average molecular weight is 166 g/mol. The van der Waals surface area contributed by atoms with Crippen LogP contribution in [0.15, 0.2) is 0 Å². The van der Waals surface area contributed by atoms with Gasteiger partial charge in [-0.3, -0.25) is 0 Å². The number of hydrogen-bond acceptors (Lipinski definition) is 2. The molecule has 7 atom stereocenters. The van der Waals surface area contributed by atoms with Gasteiger partial charge in [0.05, 0.1) is 18.3 Å². The van der Waals surface area contributed by atoms with Crippen LogP contribution in [0.5, 0.6) is 0 Å². The molecule has 0 unspecified atom stereocenters. The highest BCUT2D eigenvalue weighted by atomic mass is 16.6. The predicted octanol–water partition coefficient (Wildman–Crippen LogP) is 0.791. The van der Waals surface area contributed by atoms with Crippen LogP contribution in [0.25, 0.3) is 0 Å². The summed E-state index contributed by atoms with van der Waals surface area (Å²) in [5.41, 5.74) is 0. The first-order valence-corrected chi connectivity index (χ1v) is 5.18. The average Bonchev–Trinajstić information content (AvgIpc) is 2.42. The van der Waals surface area contributed by atoms with Gasteiger partial charge in [-0.2, -0.15) is 0 Å². The lowest BCUT2D eigenvalue weighted by Crippen LogP contribution is -2.31. The lowest BCUT2D eigenvalue weighted by Gasteiger charge is -2.29. The topological polar surface area (TPSA) is 32.8 Å². The Morgan fingerprint density at radius 3 is 2.92 bits per heavy atom. The second-order valence-corrected chi connectivity index (χ2v) is 5.08. The van der Waals surface area contributed by atoms with E-state index >= 15 is 0 Å². The molecule has 1 heterocycles. The Bertz CT molecular complexity index is 240. The maximum atomic E-state index is 9.75. The van der Waals surface area contributed by atoms with Gasteiger partial charge in [-0.1, -0.05) is 0 Å². The number of ether oxygens (including phenoxy) is 1. The summed E-state index contributed by atoms with van der Waals surface area (Å²) in [6.07, 6.45) is 4.88. The van der Waals surface area contributed by atoms with E-state index in [1.807, 2.05) is 0 Å². The van der Waals surface area contributed by atoms with Crippen LogP contribution < -0.4 is 0 Å². The molecular formula is C10H14O2. The highest BCUT2D eigenvalue weighted by Gasteiger charge is 2.66. The third-order valence-corrected chi connectivity index (χ3v) is 4.71. The Morgan fingerprint density at radius 1 is 1.08 bits per heavy atom. The number of aliphatic hydroxyl groups excluding tert-OH is 1. The van der Waals surface area contributed by atoms with E-state index < -0.39 is 0 Å². The molecule has 1 N–H and O–H groups in total. The first-order valence-electron chi connectivity index (χ1n) is 5.18. The van der Waals surface area contributed by atoms with Gasteiger partial charge >= 0.3 is 0 Å². The zero-order valence-corrected chi connectivity index (χ0v) is 7.02. The highest BCUT2D eigenvalue weighted by molar-refractivity contribution is 5.14. The van der Waals surface area contributed by atoms with Crippen LogP contribution in [0.2, 0.25) is 0 Å². The van der Waals surface area contributed by atoms with Crippen molar-refractivity contribution in [3.63, 3.8) is 0 Å². The number of hydrogen-bond donors (Lipinski definition) is 1. The fourth-order valence-electron chi connectivity index (χ4n) is 4.27. The molecule has 1 aliphatic heterocycles. The van der Waals surface area contributed by atoms with Gasteiger partial charge in [-0.05, 0) is 42.9 Å². The van der Waals surface area contributed by atoms with E-state index in [1.54, 1.807) is 0 Å². The van der Waals surface area contributed by atoms with E-state index in [0.717, 1.165) is 24.2 Å². The molecule has 0 aromatic carbocycles. The molecule has 2 nitrogen and oxygen atoms in total. The molecule has 4 aliphatic rings. The first kappa shape index (κ1) is 6.39. The van der Waals surface area contributed by atoms with Crippen molar-refractivity contribution in [2.24, 2.45) is 23.7 Å². The van der Waals surface area contributed by atoms with E-state index in [1.165, 1.54) is 12.8 Å². The van der Waals surface area contributed by atoms with Gasteiger partial charge in [-0.15, -0.1) is 0 Å². The molecule has 0 radical (unpaired) electrons. The molecule has 0 spiro atoms. The van der Waals surface area contributed by atoms with Crippen molar-refractivity contribution in [3.05, 3.63) is 0 Å². The zero-order valence-electron chi connectivity index (χ0n) is 7.02. The second kappa shape index (κ2) is 1.73. The minimum atomic E-state index is 0.0131. The second-order valence-electron chi connectivity index (χ2n) is 5.08. The van der Waals surface area contributed by atoms with Crippen molar-refractivity contribution in [1.29, 1.82) is 0 Å². The molecule has 3 saturated carbocycles. The summed E-state index contributed by atoms with van der Waals surface area (Å²) in [7, 11) is 0. The lowest BCUT2D eigenvalue weighted by molar-refractivity contribution is 0.0370. The standard InChI is InChI=1S/C10H14O2/c11-7-2-4-1-6(7)9-5(4)3-8-10(9)12-8/h4-11H,1-3H2/t4-,5-,6-,7-,8-,9+,10-/m1/s1. The van der Waals surface area contributed by atoms with Crippen LogP contribution in [0.1, 0.15) is 19.3 Å². The van der Waals surface area contributed by atoms with Crippen LogP contribution in [-0.4, -0.2) is 23.4 Å². The third kappa shape index (κ3) is 0.549. The SMILES string of the molecule is O[C@@H]1C[C@H]2C[C@H]1[C@@H]1[C@@H]2C[C@H]2O[C@@H]12. The molecule has 4 fully saturated rings. The van der Waals surface area contributed by atoms with Crippen molar-refractivity contribution in [2.75, 3.05) is 0 Å². The van der Waals surface area contributed by atoms with Gasteiger partial charge in [0.25, 0.3) is 0 Å². The smallest absolute Gasteiger partial charge is 0.0876 e. The quantitative estimate of drug-likeness (QED) is 0.540. The van der Waals surface area contributed by atoms with Crippen LogP contribution in [0.4, 0.5) is 0 Å². The van der Waals surface area contributed by atoms with E-state index in [0.29, 0.717) is 18.1 Å². The van der Waals surface area contributed by atoms with Crippen LogP contribution in [0, 0.1) is 23.7 Å². The Labute approximate surface area is 71.9 Å². The number of fused-ring (bicyclic) bond motifs is 7. The van der Waals surface area contributed by atoms with E-state index in [-0.39, 0.29) is 6.10 Å². The zero-order chi connectivity index (χ0) is 7.87. The molecule has 66 valence electrons. The molecule has 12 heavy (non-hydrogen) atoms. The summed E-state index contributed by atoms with van der Waals surface area (Å²) in [5, 5.41) is 9.75. The van der Waals surface area contributed by atoms with Crippen LogP contribution in [0.3, 0.4) is 0 Å². The van der Waals surface area contributed by atoms with Crippen LogP contribution >= 0.6 is 0 Å². The Hall–Kier alpha value is -0.0800.